The molecule has 2 N–H and O–H groups in total. The summed E-state index contributed by atoms with van der Waals surface area (Å²) in [7, 11) is -5.97. The summed E-state index contributed by atoms with van der Waals surface area (Å²) in [5.41, 5.74) is 2.19. The molecule has 0 atom stereocenters. The average Bonchev–Trinajstić information content (AvgIpc) is 3.10. The Labute approximate surface area is 301 Å². The third kappa shape index (κ3) is 12.9. The molecule has 2 amide bonds. The summed E-state index contributed by atoms with van der Waals surface area (Å²) in [4.78, 5) is 30.2. The molecule has 0 aromatic heterocycles. The second-order valence-corrected chi connectivity index (χ2v) is 17.0. The van der Waals surface area contributed by atoms with Crippen molar-refractivity contribution in [2.45, 2.75) is 67.5 Å². The zero-order chi connectivity index (χ0) is 36.2. The number of benzene rings is 2. The highest BCUT2D eigenvalue weighted by Crippen LogP contribution is 2.15. The second kappa shape index (κ2) is 22.4. The van der Waals surface area contributed by atoms with Crippen LogP contribution in [0.4, 0.5) is 0 Å². The van der Waals surface area contributed by atoms with Gasteiger partial charge in [0.25, 0.3) is 0 Å². The normalized spacial score (nSPS) is 16.5. The molecular formula is C36H60N4O8Si2. The Bertz CT molecular complexity index is 1140. The van der Waals surface area contributed by atoms with Crippen molar-refractivity contribution in [1.82, 2.24) is 20.4 Å². The van der Waals surface area contributed by atoms with Crippen LogP contribution in [-0.2, 0) is 49.2 Å². The van der Waals surface area contributed by atoms with E-state index in [2.05, 4.69) is 44.7 Å². The summed E-state index contributed by atoms with van der Waals surface area (Å²) in [5, 5.41) is 8.04. The molecule has 12 nitrogen and oxygen atoms in total. The topological polar surface area (TPSA) is 120 Å². The highest BCUT2D eigenvalue weighted by atomic mass is 28.4. The summed E-state index contributed by atoms with van der Waals surface area (Å²) < 4.78 is 36.4. The Kier molecular flexibility index (Phi) is 18.8. The molecule has 280 valence electrons. The molecule has 0 saturated carbocycles. The number of hydrogen-bond acceptors (Lipinski definition) is 10. The summed E-state index contributed by atoms with van der Waals surface area (Å²) in [6.07, 6.45) is 0.737. The lowest BCUT2D eigenvalue weighted by Crippen LogP contribution is -2.56. The maximum atomic E-state index is 12.9. The SMILES string of the molecule is CCO[Si](OCC)(OCC)c1ccc(CN2CCNC(=O)CCN(Cc3ccc([Si](OCC)(OCC)OCC)cc3)CCNC(=O)CC2)cc1. The zero-order valence-corrected chi connectivity index (χ0v) is 33.1. The number of rotatable bonds is 18. The van der Waals surface area contributed by atoms with Crippen LogP contribution in [-0.4, -0.2) is 118 Å². The third-order valence-electron chi connectivity index (χ3n) is 8.24. The van der Waals surface area contributed by atoms with Gasteiger partial charge in [-0.05, 0) is 52.7 Å². The molecule has 0 unspecified atom stereocenters. The van der Waals surface area contributed by atoms with Gasteiger partial charge in [0.15, 0.2) is 0 Å². The fourth-order valence-electron chi connectivity index (χ4n) is 5.98. The molecular weight excluding hydrogens is 673 g/mol. The molecule has 50 heavy (non-hydrogen) atoms. The summed E-state index contributed by atoms with van der Waals surface area (Å²) in [5.74, 6) is 0.0292. The Morgan fingerprint density at radius 3 is 1.08 bits per heavy atom. The molecule has 0 aliphatic carbocycles. The van der Waals surface area contributed by atoms with E-state index in [4.69, 9.17) is 26.6 Å². The summed E-state index contributed by atoms with van der Waals surface area (Å²) >= 11 is 0. The van der Waals surface area contributed by atoms with E-state index in [1.54, 1.807) is 0 Å². The minimum Gasteiger partial charge on any atom is -0.370 e. The predicted molar refractivity (Wildman–Crippen MR) is 199 cm³/mol. The quantitative estimate of drug-likeness (QED) is 0.222. The molecule has 0 radical (unpaired) electrons. The largest absolute Gasteiger partial charge is 0.537 e. The Morgan fingerprint density at radius 2 is 0.800 bits per heavy atom. The molecule has 1 saturated heterocycles. The lowest BCUT2D eigenvalue weighted by molar-refractivity contribution is -0.123. The maximum Gasteiger partial charge on any atom is 0.537 e. The van der Waals surface area contributed by atoms with Crippen LogP contribution in [0, 0.1) is 0 Å². The van der Waals surface area contributed by atoms with Crippen LogP contribution in [0.15, 0.2) is 48.5 Å². The fraction of sp³-hybridized carbons (Fsp3) is 0.611. The third-order valence-corrected chi connectivity index (χ3v) is 14.3. The van der Waals surface area contributed by atoms with Gasteiger partial charge >= 0.3 is 17.6 Å². The molecule has 3 rings (SSSR count). The van der Waals surface area contributed by atoms with Gasteiger partial charge in [-0.1, -0.05) is 48.5 Å². The van der Waals surface area contributed by atoms with Crippen molar-refractivity contribution in [2.75, 3.05) is 78.9 Å². The number of carbonyl (C=O) groups excluding carboxylic acids is 2. The van der Waals surface area contributed by atoms with E-state index in [0.29, 0.717) is 105 Å². The average molecular weight is 733 g/mol. The highest BCUT2D eigenvalue weighted by Gasteiger charge is 2.44. The van der Waals surface area contributed by atoms with Crippen LogP contribution in [0.1, 0.15) is 65.5 Å². The van der Waals surface area contributed by atoms with Crippen LogP contribution in [0.2, 0.25) is 0 Å². The minimum atomic E-state index is -2.99. The zero-order valence-electron chi connectivity index (χ0n) is 31.1. The first-order valence-corrected chi connectivity index (χ1v) is 21.7. The van der Waals surface area contributed by atoms with Crippen molar-refractivity contribution in [3.8, 4) is 0 Å². The van der Waals surface area contributed by atoms with Crippen molar-refractivity contribution < 1.29 is 36.1 Å². The van der Waals surface area contributed by atoms with Crippen LogP contribution in [0.5, 0.6) is 0 Å². The van der Waals surface area contributed by atoms with E-state index in [1.807, 2.05) is 65.8 Å². The van der Waals surface area contributed by atoms with Crippen LogP contribution in [0.3, 0.4) is 0 Å². The molecule has 1 heterocycles. The van der Waals surface area contributed by atoms with Gasteiger partial charge in [-0.2, -0.15) is 0 Å². The minimum absolute atomic E-state index is 0.0146. The molecule has 2 aromatic rings. The van der Waals surface area contributed by atoms with Gasteiger partial charge in [0, 0.05) is 115 Å². The molecule has 1 aliphatic heterocycles. The van der Waals surface area contributed by atoms with Crippen LogP contribution in [0.25, 0.3) is 0 Å². The van der Waals surface area contributed by atoms with Crippen molar-refractivity contribution in [3.63, 3.8) is 0 Å². The first-order chi connectivity index (χ1) is 24.3. The van der Waals surface area contributed by atoms with Gasteiger partial charge in [0.05, 0.1) is 0 Å². The van der Waals surface area contributed by atoms with E-state index < -0.39 is 17.6 Å². The van der Waals surface area contributed by atoms with Crippen molar-refractivity contribution >= 4 is 39.8 Å². The van der Waals surface area contributed by atoms with E-state index in [9.17, 15) is 9.59 Å². The summed E-state index contributed by atoms with van der Waals surface area (Å²) in [6.45, 7) is 19.4. The van der Waals surface area contributed by atoms with Gasteiger partial charge < -0.3 is 37.2 Å². The van der Waals surface area contributed by atoms with Crippen molar-refractivity contribution in [3.05, 3.63) is 59.7 Å². The molecule has 14 heteroatoms. The van der Waals surface area contributed by atoms with Gasteiger partial charge in [-0.15, -0.1) is 0 Å². The van der Waals surface area contributed by atoms with E-state index in [1.165, 1.54) is 0 Å². The Balaban J connectivity index is 1.62. The maximum absolute atomic E-state index is 12.9. The molecule has 2 aromatic carbocycles. The number of hydrogen-bond donors (Lipinski definition) is 2. The number of nitrogens with zero attached hydrogens (tertiary/aromatic N) is 2. The second-order valence-electron chi connectivity index (χ2n) is 11.9. The highest BCUT2D eigenvalue weighted by molar-refractivity contribution is 6.75. The lowest BCUT2D eigenvalue weighted by Gasteiger charge is -2.29. The number of carbonyl (C=O) groups is 2. The van der Waals surface area contributed by atoms with E-state index >= 15 is 0 Å². The number of nitrogens with one attached hydrogen (secondary N) is 2. The number of amides is 2. The molecule has 1 aliphatic rings. The van der Waals surface area contributed by atoms with Gasteiger partial charge in [0.2, 0.25) is 11.8 Å². The van der Waals surface area contributed by atoms with Crippen LogP contribution < -0.4 is 21.0 Å². The monoisotopic (exact) mass is 732 g/mol. The van der Waals surface area contributed by atoms with Crippen LogP contribution >= 0.6 is 0 Å². The smallest absolute Gasteiger partial charge is 0.370 e. The Hall–Kier alpha value is -2.51. The molecule has 1 fully saturated rings. The van der Waals surface area contributed by atoms with Crippen molar-refractivity contribution in [2.24, 2.45) is 0 Å². The van der Waals surface area contributed by atoms with Gasteiger partial charge in [-0.3, -0.25) is 19.4 Å². The predicted octanol–water partition coefficient (Wildman–Crippen LogP) is 2.53. The van der Waals surface area contributed by atoms with Gasteiger partial charge in [0.1, 0.15) is 0 Å². The molecule has 0 bridgehead atoms. The fourth-order valence-corrected chi connectivity index (χ4v) is 10.9. The summed E-state index contributed by atoms with van der Waals surface area (Å²) in [6, 6.07) is 16.4. The first-order valence-electron chi connectivity index (χ1n) is 18.3. The standard InChI is InChI=1S/C36H60N4O8Si2/c1-7-43-49(44-8-2,45-9-3)33-17-13-31(14-18-33)29-39-25-21-35(41)38-24-28-40(26-22-36(42)37-23-27-39)30-32-15-19-34(20-16-32)50(46-10-4,47-11-5)48-12-6/h13-20H,7-12,21-30H2,1-6H3,(H,37,42)(H,38,41). The Morgan fingerprint density at radius 1 is 0.500 bits per heavy atom. The first kappa shape index (κ1) is 41.9. The molecule has 0 spiro atoms. The van der Waals surface area contributed by atoms with E-state index in [0.717, 1.165) is 21.5 Å². The van der Waals surface area contributed by atoms with Gasteiger partial charge in [-0.25, -0.2) is 0 Å². The lowest BCUT2D eigenvalue weighted by atomic mass is 10.2. The van der Waals surface area contributed by atoms with E-state index in [-0.39, 0.29) is 11.8 Å². The van der Waals surface area contributed by atoms with Crippen molar-refractivity contribution in [1.29, 1.82) is 0 Å².